The van der Waals surface area contributed by atoms with Crippen molar-refractivity contribution in [1.82, 2.24) is 10.3 Å². The van der Waals surface area contributed by atoms with Crippen LogP contribution in [0.1, 0.15) is 92.9 Å². The van der Waals surface area contributed by atoms with Crippen molar-refractivity contribution in [3.05, 3.63) is 88.1 Å². The van der Waals surface area contributed by atoms with Crippen molar-refractivity contribution >= 4 is 23.8 Å². The summed E-state index contributed by atoms with van der Waals surface area (Å²) in [7, 11) is 3.28. The first-order chi connectivity index (χ1) is 25.2. The molecule has 10 heteroatoms. The molecule has 4 N–H and O–H groups in total. The Balaban J connectivity index is 1.54. The van der Waals surface area contributed by atoms with Gasteiger partial charge in [-0.1, -0.05) is 37.3 Å². The van der Waals surface area contributed by atoms with E-state index >= 15 is 0 Å². The summed E-state index contributed by atoms with van der Waals surface area (Å²) in [5.41, 5.74) is 5.92. The largest absolute Gasteiger partial charge is 0.508 e. The van der Waals surface area contributed by atoms with Gasteiger partial charge >= 0.3 is 5.97 Å². The third kappa shape index (κ3) is 10.2. The van der Waals surface area contributed by atoms with Gasteiger partial charge in [-0.2, -0.15) is 0 Å². The number of methoxy groups -OCH3 is 1. The Morgan fingerprint density at radius 3 is 2.62 bits per heavy atom. The minimum Gasteiger partial charge on any atom is -0.508 e. The van der Waals surface area contributed by atoms with Gasteiger partial charge in [-0.3, -0.25) is 14.6 Å². The van der Waals surface area contributed by atoms with Crippen molar-refractivity contribution in [1.29, 1.82) is 0 Å². The van der Waals surface area contributed by atoms with Gasteiger partial charge in [0.2, 0.25) is 0 Å². The zero-order valence-corrected chi connectivity index (χ0v) is 30.6. The quantitative estimate of drug-likeness (QED) is 0.154. The second-order valence-corrected chi connectivity index (χ2v) is 13.6. The van der Waals surface area contributed by atoms with E-state index in [0.717, 1.165) is 42.4 Å². The van der Waals surface area contributed by atoms with E-state index in [9.17, 15) is 19.8 Å². The molecular formula is C42H50N4O6. The molecule has 5 rings (SSSR count). The normalized spacial score (nSPS) is 21.3. The average Bonchev–Trinajstić information content (AvgIpc) is 3.56. The first kappa shape index (κ1) is 38.1. The molecule has 52 heavy (non-hydrogen) atoms. The van der Waals surface area contributed by atoms with Gasteiger partial charge in [0.25, 0.3) is 0 Å². The van der Waals surface area contributed by atoms with Crippen LogP contribution in [0.3, 0.4) is 0 Å². The number of anilines is 1. The van der Waals surface area contributed by atoms with Crippen LogP contribution in [0.5, 0.6) is 17.2 Å². The number of Topliss-reactive ketones (excluding diaryl/α,β-unsaturated/α-hetero) is 1. The van der Waals surface area contributed by atoms with Crippen LogP contribution in [0.2, 0.25) is 0 Å². The second kappa shape index (κ2) is 18.4. The molecule has 10 nitrogen and oxygen atoms in total. The lowest BCUT2D eigenvalue weighted by Gasteiger charge is -2.23. The molecule has 4 atom stereocenters. The number of esters is 1. The van der Waals surface area contributed by atoms with Crippen LogP contribution in [0.25, 0.3) is 0 Å². The highest BCUT2D eigenvalue weighted by atomic mass is 16.5. The van der Waals surface area contributed by atoms with Crippen molar-refractivity contribution < 1.29 is 29.3 Å². The molecule has 2 bridgehead atoms. The maximum atomic E-state index is 13.7. The fourth-order valence-corrected chi connectivity index (χ4v) is 7.15. The van der Waals surface area contributed by atoms with Gasteiger partial charge in [0.05, 0.1) is 26.1 Å². The summed E-state index contributed by atoms with van der Waals surface area (Å²) in [4.78, 5) is 35.2. The number of aromatic nitrogens is 1. The predicted molar refractivity (Wildman–Crippen MR) is 203 cm³/mol. The van der Waals surface area contributed by atoms with Gasteiger partial charge in [0, 0.05) is 50.2 Å². The Hall–Kier alpha value is -5.14. The van der Waals surface area contributed by atoms with Crippen molar-refractivity contribution in [3.63, 3.8) is 0 Å². The number of ether oxygens (including phenoxy) is 2. The molecule has 2 aliphatic rings. The molecule has 3 aromatic rings. The first-order valence-corrected chi connectivity index (χ1v) is 18.1. The number of hydrogen-bond donors (Lipinski definition) is 4. The smallest absolute Gasteiger partial charge is 0.302 e. The summed E-state index contributed by atoms with van der Waals surface area (Å²) in [5.74, 6) is 7.01. The number of rotatable bonds is 7. The minimum atomic E-state index is -0.550. The van der Waals surface area contributed by atoms with E-state index in [4.69, 9.17) is 9.47 Å². The summed E-state index contributed by atoms with van der Waals surface area (Å²) >= 11 is 0. The van der Waals surface area contributed by atoms with Crippen LogP contribution in [-0.4, -0.2) is 66.5 Å². The van der Waals surface area contributed by atoms with E-state index in [2.05, 4.69) is 39.4 Å². The Morgan fingerprint density at radius 2 is 1.87 bits per heavy atom. The van der Waals surface area contributed by atoms with Crippen LogP contribution in [0.15, 0.2) is 70.9 Å². The standard InChI is InChI=1S/C42H50N4O6/c1-5-28-11-12-38(52-27(2)47)23-37(49)18-29(32-17-35(24-43-3)42(50)40(21-32)51-4)9-7-14-45-41-22-31(13-15-46-41)39(30-8-6-10-36(48)19-30)20-34-26-44-25-33(34)16-28/h6,8,10,13,15,17,19,21-22,25,28-29,38-39,43,48,50H,5,11-12,14,16,18,20,23-24,26H2,1-4H3,(H,45,46)/t28-,29-,38+,39-/m0/s1. The fourth-order valence-electron chi connectivity index (χ4n) is 7.15. The lowest BCUT2D eigenvalue weighted by atomic mass is 9.83. The molecule has 2 aliphatic heterocycles. The Labute approximate surface area is 306 Å². The number of fused-ring (bicyclic) bond motifs is 2. The van der Waals surface area contributed by atoms with Gasteiger partial charge < -0.3 is 30.3 Å². The van der Waals surface area contributed by atoms with Gasteiger partial charge in [0.1, 0.15) is 23.5 Å². The first-order valence-electron chi connectivity index (χ1n) is 18.1. The topological polar surface area (TPSA) is 142 Å². The van der Waals surface area contributed by atoms with Crippen LogP contribution in [0.4, 0.5) is 5.82 Å². The second-order valence-electron chi connectivity index (χ2n) is 13.6. The van der Waals surface area contributed by atoms with Crippen molar-refractivity contribution in [2.75, 3.05) is 32.6 Å². The molecule has 3 heterocycles. The number of ketones is 1. The van der Waals surface area contributed by atoms with Crippen LogP contribution in [-0.2, 0) is 20.9 Å². The third-order valence-electron chi connectivity index (χ3n) is 9.90. The number of allylic oxidation sites excluding steroid dienone is 1. The number of carbonyl (C=O) groups excluding carboxylic acids is 2. The average molecular weight is 707 g/mol. The highest BCUT2D eigenvalue weighted by Gasteiger charge is 2.26. The predicted octanol–water partition coefficient (Wildman–Crippen LogP) is 6.81. The Kier molecular flexibility index (Phi) is 13.5. The third-order valence-corrected chi connectivity index (χ3v) is 9.90. The number of hydrogen-bond acceptors (Lipinski definition) is 10. The molecule has 1 aromatic heterocycles. The van der Waals surface area contributed by atoms with Crippen LogP contribution < -0.4 is 15.4 Å². The summed E-state index contributed by atoms with van der Waals surface area (Å²) < 4.78 is 11.2. The molecule has 0 aliphatic carbocycles. The maximum Gasteiger partial charge on any atom is 0.302 e. The maximum absolute atomic E-state index is 13.7. The van der Waals surface area contributed by atoms with Crippen LogP contribution in [0, 0.1) is 17.8 Å². The van der Waals surface area contributed by atoms with E-state index in [-0.39, 0.29) is 42.6 Å². The van der Waals surface area contributed by atoms with Gasteiger partial charge in [-0.05, 0) is 103 Å². The monoisotopic (exact) mass is 706 g/mol. The SMILES string of the molecule is CC[C@H]1CC[C@@H](OC(C)=O)CC(=O)C[C@@H](c2cc(CNC)c(O)c(OC)c2)C#CCNc2cc(ccn2)[C@H](c2cccc(O)c2)CC2=C(C=NC2)C1. The summed E-state index contributed by atoms with van der Waals surface area (Å²) in [5, 5.41) is 27.6. The number of benzene rings is 2. The highest BCUT2D eigenvalue weighted by Crippen LogP contribution is 2.38. The molecule has 0 fully saturated rings. The number of nitrogens with one attached hydrogen (secondary N) is 2. The van der Waals surface area contributed by atoms with E-state index in [1.54, 1.807) is 25.4 Å². The van der Waals surface area contributed by atoms with Crippen molar-refractivity contribution in [2.45, 2.75) is 83.3 Å². The lowest BCUT2D eigenvalue weighted by Crippen LogP contribution is -2.22. The van der Waals surface area contributed by atoms with Gasteiger partial charge in [-0.15, -0.1) is 0 Å². The molecule has 274 valence electrons. The number of pyridine rings is 1. The summed E-state index contributed by atoms with van der Waals surface area (Å²) in [6.07, 6.45) is 7.26. The molecular weight excluding hydrogens is 656 g/mol. The number of nitrogens with zero attached hydrogens (tertiary/aromatic N) is 2. The van der Waals surface area contributed by atoms with Crippen LogP contribution >= 0.6 is 0 Å². The van der Waals surface area contributed by atoms with E-state index < -0.39 is 18.0 Å². The fraction of sp³-hybridized carbons (Fsp3) is 0.429. The zero-order valence-electron chi connectivity index (χ0n) is 30.6. The number of phenols is 2. The van der Waals surface area contributed by atoms with E-state index in [1.165, 1.54) is 25.2 Å². The highest BCUT2D eigenvalue weighted by molar-refractivity contribution is 5.83. The number of aliphatic imine (C=N–C) groups is 1. The van der Waals surface area contributed by atoms with E-state index in [0.29, 0.717) is 42.6 Å². The number of carbonyl (C=O) groups is 2. The Morgan fingerprint density at radius 1 is 1.04 bits per heavy atom. The summed E-state index contributed by atoms with van der Waals surface area (Å²) in [6, 6.07) is 15.0. The minimum absolute atomic E-state index is 0.0376. The van der Waals surface area contributed by atoms with E-state index in [1.807, 2.05) is 42.6 Å². The molecule has 0 unspecified atom stereocenters. The summed E-state index contributed by atoms with van der Waals surface area (Å²) in [6.45, 7) is 4.84. The number of phenolic OH excluding ortho intramolecular Hbond substituents is 2. The Bertz CT molecular complexity index is 1860. The lowest BCUT2D eigenvalue weighted by molar-refractivity contribution is -0.148. The molecule has 0 saturated heterocycles. The molecule has 2 aromatic carbocycles. The molecule has 0 amide bonds. The van der Waals surface area contributed by atoms with Crippen molar-refractivity contribution in [2.24, 2.45) is 10.9 Å². The molecule has 0 spiro atoms. The molecule has 0 saturated carbocycles. The van der Waals surface area contributed by atoms with Gasteiger partial charge in [0.15, 0.2) is 11.5 Å². The number of aromatic hydroxyl groups is 2. The van der Waals surface area contributed by atoms with Crippen molar-refractivity contribution in [3.8, 4) is 29.1 Å². The zero-order chi connectivity index (χ0) is 37.0. The van der Waals surface area contributed by atoms with Gasteiger partial charge in [-0.25, -0.2) is 4.98 Å². The molecule has 0 radical (unpaired) electrons.